The summed E-state index contributed by atoms with van der Waals surface area (Å²) in [6.07, 6.45) is 1.03. The molecule has 1 rings (SSSR count). The summed E-state index contributed by atoms with van der Waals surface area (Å²) < 4.78 is 0. The molecule has 0 heterocycles. The van der Waals surface area contributed by atoms with Gasteiger partial charge in [-0.15, -0.1) is 30.3 Å². The molecule has 0 atom stereocenters. The molecule has 1 aromatic carbocycles. The van der Waals surface area contributed by atoms with E-state index in [0.717, 1.165) is 6.21 Å². The van der Waals surface area contributed by atoms with Gasteiger partial charge in [-0.3, -0.25) is 6.21 Å². The Morgan fingerprint density at radius 3 is 2.56 bits per heavy atom. The van der Waals surface area contributed by atoms with Crippen molar-refractivity contribution in [2.24, 2.45) is 0 Å². The van der Waals surface area contributed by atoms with Crippen molar-refractivity contribution in [3.05, 3.63) is 41.3 Å². The van der Waals surface area contributed by atoms with Crippen LogP contribution in [-0.2, 0) is 19.5 Å². The van der Waals surface area contributed by atoms with Gasteiger partial charge in [0.2, 0.25) is 0 Å². The van der Waals surface area contributed by atoms with E-state index in [4.69, 9.17) is 5.41 Å². The van der Waals surface area contributed by atoms with Crippen LogP contribution in [0.4, 0.5) is 0 Å². The average molecular weight is 204 g/mol. The van der Waals surface area contributed by atoms with Gasteiger partial charge in [-0.05, 0) is 0 Å². The third-order valence-corrected chi connectivity index (χ3v) is 0.872. The normalized spacial score (nSPS) is 7.56. The van der Waals surface area contributed by atoms with E-state index in [-0.39, 0.29) is 19.5 Å². The maximum Gasteiger partial charge on any atom is 2.00 e. The van der Waals surface area contributed by atoms with E-state index in [2.05, 4.69) is 6.07 Å². The summed E-state index contributed by atoms with van der Waals surface area (Å²) in [6.45, 7) is 0. The molecule has 46 valence electrons. The molecular weight excluding hydrogens is 199 g/mol. The molecule has 0 aliphatic carbocycles. The second kappa shape index (κ2) is 4.40. The number of hydrogen-bond donors (Lipinski definition) is 0. The predicted molar refractivity (Wildman–Crippen MR) is 33.8 cm³/mol. The quantitative estimate of drug-likeness (QED) is 0.375. The minimum Gasteiger partial charge on any atom is -0.862 e. The molecular formula is C7H5NRu. The van der Waals surface area contributed by atoms with Crippen LogP contribution in [0.5, 0.6) is 0 Å². The monoisotopic (exact) mass is 205 g/mol. The van der Waals surface area contributed by atoms with Gasteiger partial charge in [0.1, 0.15) is 0 Å². The fourth-order valence-electron chi connectivity index (χ4n) is 0.488. The predicted octanol–water partition coefficient (Wildman–Crippen LogP) is 1.47. The first-order chi connectivity index (χ1) is 3.93. The Balaban J connectivity index is 0.000000640. The molecule has 2 heteroatoms. The van der Waals surface area contributed by atoms with Gasteiger partial charge in [-0.1, -0.05) is 0 Å². The van der Waals surface area contributed by atoms with E-state index >= 15 is 0 Å². The van der Waals surface area contributed by atoms with Gasteiger partial charge in [-0.2, -0.15) is 5.56 Å². The third-order valence-electron chi connectivity index (χ3n) is 0.872. The minimum atomic E-state index is 0. The van der Waals surface area contributed by atoms with Crippen molar-refractivity contribution in [3.8, 4) is 0 Å². The maximum atomic E-state index is 8.38. The second-order valence-electron chi connectivity index (χ2n) is 1.45. The number of rotatable bonds is 1. The summed E-state index contributed by atoms with van der Waals surface area (Å²) in [7, 11) is 0. The molecule has 9 heavy (non-hydrogen) atoms. The SMILES string of the molecule is [N-]=Cc1[c-]cccc1.[Ru+2]. The van der Waals surface area contributed by atoms with Gasteiger partial charge in [0.25, 0.3) is 0 Å². The molecule has 0 spiro atoms. The number of hydrogen-bond acceptors (Lipinski definition) is 0. The van der Waals surface area contributed by atoms with Crippen molar-refractivity contribution in [2.45, 2.75) is 0 Å². The van der Waals surface area contributed by atoms with Crippen molar-refractivity contribution < 1.29 is 19.5 Å². The van der Waals surface area contributed by atoms with Gasteiger partial charge in [0.05, 0.1) is 0 Å². The summed E-state index contributed by atoms with van der Waals surface area (Å²) in [5, 5.41) is 8.38. The van der Waals surface area contributed by atoms with Crippen LogP contribution in [0.1, 0.15) is 5.56 Å². The second-order valence-corrected chi connectivity index (χ2v) is 1.45. The topological polar surface area (TPSA) is 22.3 Å². The van der Waals surface area contributed by atoms with Crippen molar-refractivity contribution in [2.75, 3.05) is 0 Å². The van der Waals surface area contributed by atoms with Crippen LogP contribution < -0.4 is 0 Å². The van der Waals surface area contributed by atoms with Gasteiger partial charge >= 0.3 is 19.5 Å². The van der Waals surface area contributed by atoms with E-state index in [0.29, 0.717) is 5.56 Å². The Morgan fingerprint density at radius 2 is 2.22 bits per heavy atom. The molecule has 1 nitrogen and oxygen atoms in total. The summed E-state index contributed by atoms with van der Waals surface area (Å²) in [5.74, 6) is 0. The van der Waals surface area contributed by atoms with Gasteiger partial charge in [0.15, 0.2) is 0 Å². The van der Waals surface area contributed by atoms with Crippen molar-refractivity contribution in [1.29, 1.82) is 0 Å². The first kappa shape index (κ1) is 8.51. The Morgan fingerprint density at radius 1 is 1.44 bits per heavy atom. The van der Waals surface area contributed by atoms with Crippen LogP contribution in [0.25, 0.3) is 5.41 Å². The Labute approximate surface area is 67.4 Å². The zero-order valence-corrected chi connectivity index (χ0v) is 6.43. The molecule has 0 N–H and O–H groups in total. The van der Waals surface area contributed by atoms with Crippen molar-refractivity contribution >= 4 is 6.21 Å². The summed E-state index contributed by atoms with van der Waals surface area (Å²) in [5.41, 5.74) is 0.715. The summed E-state index contributed by atoms with van der Waals surface area (Å²) in [6, 6.07) is 10.0. The van der Waals surface area contributed by atoms with Crippen LogP contribution in [0.2, 0.25) is 0 Å². The molecule has 0 bridgehead atoms. The third kappa shape index (κ3) is 2.52. The van der Waals surface area contributed by atoms with Crippen molar-refractivity contribution in [1.82, 2.24) is 0 Å². The van der Waals surface area contributed by atoms with E-state index in [1.165, 1.54) is 0 Å². The first-order valence-electron chi connectivity index (χ1n) is 2.37. The van der Waals surface area contributed by atoms with Crippen molar-refractivity contribution in [3.63, 3.8) is 0 Å². The number of benzene rings is 1. The number of nitrogens with zero attached hydrogens (tertiary/aromatic N) is 1. The van der Waals surface area contributed by atoms with Crippen LogP contribution in [0, 0.1) is 6.07 Å². The van der Waals surface area contributed by atoms with Crippen LogP contribution >= 0.6 is 0 Å². The van der Waals surface area contributed by atoms with E-state index in [1.807, 2.05) is 12.1 Å². The molecule has 0 unspecified atom stereocenters. The molecule has 0 amide bonds. The van der Waals surface area contributed by atoms with Gasteiger partial charge in [-0.25, -0.2) is 0 Å². The first-order valence-corrected chi connectivity index (χ1v) is 2.37. The standard InChI is InChI=1S/C7H5N.Ru/c8-6-7-4-2-1-3-5-7;/h1-4,6H;/q-2;+2. The van der Waals surface area contributed by atoms with E-state index < -0.39 is 0 Å². The molecule has 0 aliphatic rings. The Hall–Kier alpha value is -0.487. The smallest absolute Gasteiger partial charge is 0.862 e. The van der Waals surface area contributed by atoms with Crippen LogP contribution in [-0.4, -0.2) is 6.21 Å². The van der Waals surface area contributed by atoms with Gasteiger partial charge in [0, 0.05) is 0 Å². The molecule has 0 saturated carbocycles. The van der Waals surface area contributed by atoms with E-state index in [9.17, 15) is 0 Å². The summed E-state index contributed by atoms with van der Waals surface area (Å²) in [4.78, 5) is 0. The van der Waals surface area contributed by atoms with Gasteiger partial charge < -0.3 is 5.41 Å². The zero-order valence-electron chi connectivity index (χ0n) is 4.69. The Kier molecular flexibility index (Phi) is 4.16. The maximum absolute atomic E-state index is 8.38. The van der Waals surface area contributed by atoms with E-state index in [1.54, 1.807) is 12.1 Å². The molecule has 0 saturated heterocycles. The van der Waals surface area contributed by atoms with Crippen LogP contribution in [0.3, 0.4) is 0 Å². The van der Waals surface area contributed by atoms with Crippen LogP contribution in [0.15, 0.2) is 24.3 Å². The average Bonchev–Trinajstić information content (AvgIpc) is 1.90. The fourth-order valence-corrected chi connectivity index (χ4v) is 0.488. The Bertz CT molecular complexity index is 172. The minimum absolute atomic E-state index is 0. The molecule has 0 aromatic heterocycles. The molecule has 1 aromatic rings. The molecule has 0 aliphatic heterocycles. The molecule has 0 radical (unpaired) electrons. The summed E-state index contributed by atoms with van der Waals surface area (Å²) >= 11 is 0. The largest absolute Gasteiger partial charge is 2.00 e. The molecule has 0 fully saturated rings. The fraction of sp³-hybridized carbons (Fsp3) is 0. The zero-order chi connectivity index (χ0) is 5.82.